The van der Waals surface area contributed by atoms with Crippen molar-refractivity contribution in [2.45, 2.75) is 56.7 Å². The number of hydrogen-bond donors (Lipinski definition) is 6. The summed E-state index contributed by atoms with van der Waals surface area (Å²) in [6.07, 6.45) is -2.35. The molecule has 0 spiro atoms. The van der Waals surface area contributed by atoms with Crippen molar-refractivity contribution in [2.24, 2.45) is 5.92 Å². The lowest BCUT2D eigenvalue weighted by Gasteiger charge is -2.49. The minimum absolute atomic E-state index is 0.186. The summed E-state index contributed by atoms with van der Waals surface area (Å²) in [6, 6.07) is 8.24. The van der Waals surface area contributed by atoms with Crippen LogP contribution in [0.4, 0.5) is 0 Å². The van der Waals surface area contributed by atoms with Crippen molar-refractivity contribution < 1.29 is 30.6 Å². The van der Waals surface area contributed by atoms with Crippen LogP contribution < -0.4 is 0 Å². The highest BCUT2D eigenvalue weighted by Gasteiger charge is 2.57. The first-order valence-electron chi connectivity index (χ1n) is 9.92. The average molecular weight is 439 g/mol. The predicted octanol–water partition coefficient (Wildman–Crippen LogP) is 1.21. The molecule has 1 aliphatic carbocycles. The first kappa shape index (κ1) is 24.8. The molecule has 0 aliphatic heterocycles. The van der Waals surface area contributed by atoms with Gasteiger partial charge in [-0.25, -0.2) is 0 Å². The van der Waals surface area contributed by atoms with Crippen LogP contribution >= 0.6 is 11.6 Å². The number of hydrogen-bond acceptors (Lipinski definition) is 6. The van der Waals surface area contributed by atoms with Gasteiger partial charge in [-0.3, -0.25) is 0 Å². The van der Waals surface area contributed by atoms with Gasteiger partial charge >= 0.3 is 0 Å². The Morgan fingerprint density at radius 1 is 1.03 bits per heavy atom. The van der Waals surface area contributed by atoms with Gasteiger partial charge in [-0.15, -0.1) is 0 Å². The molecule has 1 aliphatic rings. The second-order valence-corrected chi connectivity index (χ2v) is 8.34. The number of allylic oxidation sites excluding steroid dienone is 4. The molecule has 6 N–H and O–H groups in total. The molecule has 166 valence electrons. The molecular weight excluding hydrogens is 408 g/mol. The smallest absolute Gasteiger partial charge is 0.142 e. The molecule has 6 atom stereocenters. The Morgan fingerprint density at radius 3 is 2.13 bits per heavy atom. The largest absolute Gasteiger partial charge is 0.393 e. The molecule has 0 saturated heterocycles. The standard InChI is InChI=1S/C23H31ClO6/c1-4-15-6-8-16(9-7-15)11-14(3)17(24)10-5-13(2)18-19(26)20(27)22(29)23(30,12-25)21(18)28/h5-10,18-22,25-30H,2,4,11-12H2,1,3H3. The van der Waals surface area contributed by atoms with E-state index in [1.165, 1.54) is 11.6 Å². The quantitative estimate of drug-likeness (QED) is 0.356. The highest BCUT2D eigenvalue weighted by atomic mass is 35.5. The van der Waals surface area contributed by atoms with E-state index in [4.69, 9.17) is 11.6 Å². The molecule has 6 unspecified atom stereocenters. The van der Waals surface area contributed by atoms with Crippen LogP contribution in [-0.2, 0) is 12.8 Å². The van der Waals surface area contributed by atoms with Crippen molar-refractivity contribution in [3.8, 4) is 0 Å². The van der Waals surface area contributed by atoms with Crippen molar-refractivity contribution in [1.29, 1.82) is 0 Å². The number of aryl methyl sites for hydroxylation is 1. The van der Waals surface area contributed by atoms with E-state index >= 15 is 0 Å². The Bertz CT molecular complexity index is 802. The van der Waals surface area contributed by atoms with Gasteiger partial charge in [0.15, 0.2) is 0 Å². The average Bonchev–Trinajstić information content (AvgIpc) is 2.75. The summed E-state index contributed by atoms with van der Waals surface area (Å²) in [5.74, 6) is -1.21. The molecule has 0 heterocycles. The van der Waals surface area contributed by atoms with E-state index < -0.39 is 42.5 Å². The fourth-order valence-electron chi connectivity index (χ4n) is 3.69. The molecule has 2 rings (SSSR count). The maximum Gasteiger partial charge on any atom is 0.142 e. The molecule has 1 aromatic rings. The second kappa shape index (κ2) is 10.2. The van der Waals surface area contributed by atoms with Gasteiger partial charge in [0.1, 0.15) is 17.8 Å². The molecule has 1 saturated carbocycles. The van der Waals surface area contributed by atoms with Crippen molar-refractivity contribution in [2.75, 3.05) is 6.61 Å². The highest BCUT2D eigenvalue weighted by molar-refractivity contribution is 6.31. The van der Waals surface area contributed by atoms with E-state index in [1.54, 1.807) is 6.08 Å². The van der Waals surface area contributed by atoms with Crippen LogP contribution in [0, 0.1) is 5.92 Å². The lowest BCUT2D eigenvalue weighted by Crippen LogP contribution is -2.70. The number of aliphatic hydroxyl groups excluding tert-OH is 5. The molecule has 7 heteroatoms. The molecule has 0 aromatic heterocycles. The van der Waals surface area contributed by atoms with Gasteiger partial charge in [-0.05, 0) is 42.5 Å². The second-order valence-electron chi connectivity index (χ2n) is 7.93. The van der Waals surface area contributed by atoms with Crippen LogP contribution in [-0.4, -0.2) is 67.3 Å². The third-order valence-electron chi connectivity index (χ3n) is 5.84. The number of benzene rings is 1. The van der Waals surface area contributed by atoms with E-state index in [-0.39, 0.29) is 5.57 Å². The van der Waals surface area contributed by atoms with Crippen molar-refractivity contribution in [3.63, 3.8) is 0 Å². The number of aliphatic hydroxyl groups is 6. The number of halogens is 1. The SMILES string of the molecule is C=C(C=CC(Cl)=C(C)Cc1ccc(CC)cc1)C1C(O)C(O)C(O)C(O)(CO)C1O. The van der Waals surface area contributed by atoms with Crippen molar-refractivity contribution in [1.82, 2.24) is 0 Å². The van der Waals surface area contributed by atoms with Crippen molar-refractivity contribution in [3.05, 3.63) is 70.3 Å². The molecular formula is C23H31ClO6. The Kier molecular flexibility index (Phi) is 8.42. The zero-order valence-electron chi connectivity index (χ0n) is 17.2. The minimum atomic E-state index is -2.39. The third-order valence-corrected chi connectivity index (χ3v) is 6.29. The van der Waals surface area contributed by atoms with Crippen LogP contribution in [0.1, 0.15) is 25.0 Å². The fraction of sp³-hybridized carbons (Fsp3) is 0.478. The zero-order chi connectivity index (χ0) is 22.6. The molecule has 0 radical (unpaired) electrons. The first-order chi connectivity index (χ1) is 14.1. The third kappa shape index (κ3) is 5.03. The summed E-state index contributed by atoms with van der Waals surface area (Å²) in [7, 11) is 0. The summed E-state index contributed by atoms with van der Waals surface area (Å²) < 4.78 is 0. The number of rotatable bonds is 7. The van der Waals surface area contributed by atoms with E-state index in [0.717, 1.165) is 17.6 Å². The van der Waals surface area contributed by atoms with E-state index in [0.29, 0.717) is 11.5 Å². The fourth-order valence-corrected chi connectivity index (χ4v) is 3.82. The molecule has 0 bridgehead atoms. The highest BCUT2D eigenvalue weighted by Crippen LogP contribution is 2.37. The maximum absolute atomic E-state index is 10.4. The summed E-state index contributed by atoms with van der Waals surface area (Å²) in [4.78, 5) is 0. The monoisotopic (exact) mass is 438 g/mol. The minimum Gasteiger partial charge on any atom is -0.393 e. The molecule has 30 heavy (non-hydrogen) atoms. The van der Waals surface area contributed by atoms with Crippen LogP contribution in [0.5, 0.6) is 0 Å². The topological polar surface area (TPSA) is 121 Å². The van der Waals surface area contributed by atoms with E-state index in [1.807, 2.05) is 19.1 Å². The Hall–Kier alpha value is -1.51. The molecule has 1 fully saturated rings. The van der Waals surface area contributed by atoms with Crippen molar-refractivity contribution >= 4 is 11.6 Å². The van der Waals surface area contributed by atoms with Crippen LogP contribution in [0.25, 0.3) is 0 Å². The van der Waals surface area contributed by atoms with Crippen LogP contribution in [0.3, 0.4) is 0 Å². The van der Waals surface area contributed by atoms with Gasteiger partial charge in [-0.1, -0.05) is 61.0 Å². The van der Waals surface area contributed by atoms with Gasteiger partial charge < -0.3 is 30.6 Å². The molecule has 0 amide bonds. The lowest BCUT2D eigenvalue weighted by molar-refractivity contribution is -0.257. The zero-order valence-corrected chi connectivity index (χ0v) is 18.0. The first-order valence-corrected chi connectivity index (χ1v) is 10.3. The normalized spacial score (nSPS) is 32.9. The Morgan fingerprint density at radius 2 is 1.60 bits per heavy atom. The van der Waals surface area contributed by atoms with Gasteiger partial charge in [0.25, 0.3) is 0 Å². The van der Waals surface area contributed by atoms with E-state index in [2.05, 4.69) is 25.6 Å². The Labute approximate surface area is 182 Å². The van der Waals surface area contributed by atoms with E-state index in [9.17, 15) is 30.6 Å². The summed E-state index contributed by atoms with van der Waals surface area (Å²) in [5.41, 5.74) is 1.06. The van der Waals surface area contributed by atoms with Gasteiger partial charge in [0.2, 0.25) is 0 Å². The van der Waals surface area contributed by atoms with Gasteiger partial charge in [0.05, 0.1) is 18.8 Å². The molecule has 1 aromatic carbocycles. The summed E-state index contributed by atoms with van der Waals surface area (Å²) >= 11 is 6.38. The van der Waals surface area contributed by atoms with Crippen LogP contribution in [0.15, 0.2) is 59.2 Å². The van der Waals surface area contributed by atoms with Gasteiger partial charge in [-0.2, -0.15) is 0 Å². The maximum atomic E-state index is 10.4. The summed E-state index contributed by atoms with van der Waals surface area (Å²) in [6.45, 7) is 6.78. The summed E-state index contributed by atoms with van der Waals surface area (Å²) in [5, 5.41) is 61.0. The lowest BCUT2D eigenvalue weighted by atomic mass is 9.68. The predicted molar refractivity (Wildman–Crippen MR) is 116 cm³/mol. The van der Waals surface area contributed by atoms with Crippen LogP contribution in [0.2, 0.25) is 0 Å². The van der Waals surface area contributed by atoms with Gasteiger partial charge in [0, 0.05) is 11.0 Å². The Balaban J connectivity index is 2.16. The molecule has 6 nitrogen and oxygen atoms in total.